The lowest BCUT2D eigenvalue weighted by atomic mass is 9.85. The van der Waals surface area contributed by atoms with Crippen LogP contribution in [-0.4, -0.2) is 31.7 Å². The van der Waals surface area contributed by atoms with Gasteiger partial charge in [-0.15, -0.1) is 0 Å². The zero-order valence-corrected chi connectivity index (χ0v) is 18.7. The number of aryl methyl sites for hydroxylation is 1. The number of carbonyl (C=O) groups excluding carboxylic acids is 1. The van der Waals surface area contributed by atoms with E-state index in [-0.39, 0.29) is 17.2 Å². The molecule has 3 aromatic rings. The van der Waals surface area contributed by atoms with Gasteiger partial charge in [-0.25, -0.2) is 0 Å². The second kappa shape index (κ2) is 9.86. The first-order chi connectivity index (χ1) is 15.7. The summed E-state index contributed by atoms with van der Waals surface area (Å²) < 4.78 is 10.9. The van der Waals surface area contributed by atoms with Crippen LogP contribution in [0.5, 0.6) is 11.5 Å². The van der Waals surface area contributed by atoms with Crippen molar-refractivity contribution in [1.82, 2.24) is 10.3 Å². The van der Waals surface area contributed by atoms with E-state index >= 15 is 0 Å². The van der Waals surface area contributed by atoms with Gasteiger partial charge in [0.25, 0.3) is 0 Å². The molecule has 1 N–H and O–H groups in total. The first kappa shape index (κ1) is 21.9. The monoisotopic (exact) mass is 430 g/mol. The summed E-state index contributed by atoms with van der Waals surface area (Å²) in [5, 5.41) is 3.17. The maximum atomic E-state index is 13.1. The van der Waals surface area contributed by atoms with Crippen molar-refractivity contribution >= 4 is 5.91 Å². The molecule has 0 aliphatic heterocycles. The van der Waals surface area contributed by atoms with Gasteiger partial charge in [0.15, 0.2) is 0 Å². The maximum absolute atomic E-state index is 13.1. The minimum Gasteiger partial charge on any atom is -0.497 e. The molecule has 1 atom stereocenters. The molecule has 2 aromatic carbocycles. The van der Waals surface area contributed by atoms with Crippen LogP contribution in [0.2, 0.25) is 0 Å². The van der Waals surface area contributed by atoms with Crippen LogP contribution in [0.4, 0.5) is 0 Å². The molecular weight excluding hydrogens is 400 g/mol. The van der Waals surface area contributed by atoms with E-state index in [1.165, 1.54) is 5.56 Å². The number of hydrogen-bond acceptors (Lipinski definition) is 4. The molecule has 1 amide bonds. The van der Waals surface area contributed by atoms with Gasteiger partial charge in [0, 0.05) is 24.4 Å². The van der Waals surface area contributed by atoms with Gasteiger partial charge in [0.2, 0.25) is 5.91 Å². The lowest BCUT2D eigenvalue weighted by molar-refractivity contribution is -0.122. The van der Waals surface area contributed by atoms with E-state index in [2.05, 4.69) is 28.5 Å². The second-order valence-electron chi connectivity index (χ2n) is 8.30. The number of methoxy groups -OCH3 is 2. The van der Waals surface area contributed by atoms with E-state index in [9.17, 15) is 4.79 Å². The van der Waals surface area contributed by atoms with Crippen molar-refractivity contribution in [2.24, 2.45) is 5.92 Å². The molecule has 0 bridgehead atoms. The normalized spacial score (nSPS) is 16.2. The summed E-state index contributed by atoms with van der Waals surface area (Å²) in [7, 11) is 3.33. The summed E-state index contributed by atoms with van der Waals surface area (Å²) in [4.78, 5) is 17.3. The fraction of sp³-hybridized carbons (Fsp3) is 0.333. The zero-order chi connectivity index (χ0) is 22.4. The summed E-state index contributed by atoms with van der Waals surface area (Å²) >= 11 is 0. The number of unbranched alkanes of at least 4 members (excludes halogenated alkanes) is 1. The van der Waals surface area contributed by atoms with Crippen LogP contribution >= 0.6 is 0 Å². The minimum absolute atomic E-state index is 0.108. The van der Waals surface area contributed by atoms with Gasteiger partial charge < -0.3 is 14.8 Å². The van der Waals surface area contributed by atoms with Gasteiger partial charge in [-0.2, -0.15) is 0 Å². The highest BCUT2D eigenvalue weighted by Gasteiger charge is 2.60. The smallest absolute Gasteiger partial charge is 0.224 e. The molecule has 1 saturated carbocycles. The molecule has 5 nitrogen and oxygen atoms in total. The van der Waals surface area contributed by atoms with E-state index in [1.54, 1.807) is 20.4 Å². The van der Waals surface area contributed by atoms with Gasteiger partial charge in [-0.3, -0.25) is 9.78 Å². The summed E-state index contributed by atoms with van der Waals surface area (Å²) in [5.41, 5.74) is 3.07. The molecule has 32 heavy (non-hydrogen) atoms. The molecule has 1 fully saturated rings. The van der Waals surface area contributed by atoms with E-state index in [4.69, 9.17) is 9.47 Å². The molecule has 1 heterocycles. The first-order valence-corrected chi connectivity index (χ1v) is 11.1. The van der Waals surface area contributed by atoms with Crippen molar-refractivity contribution in [3.63, 3.8) is 0 Å². The lowest BCUT2D eigenvalue weighted by Gasteiger charge is -2.20. The fourth-order valence-corrected chi connectivity index (χ4v) is 4.52. The summed E-state index contributed by atoms with van der Waals surface area (Å²) in [6.45, 7) is 0.682. The van der Waals surface area contributed by atoms with Crippen LogP contribution < -0.4 is 14.8 Å². The average Bonchev–Trinajstić information content (AvgIpc) is 3.62. The lowest BCUT2D eigenvalue weighted by Crippen LogP contribution is -2.30. The molecule has 166 valence electrons. The van der Waals surface area contributed by atoms with Gasteiger partial charge in [-0.05, 0) is 72.7 Å². The van der Waals surface area contributed by atoms with E-state index in [0.29, 0.717) is 6.54 Å². The summed E-state index contributed by atoms with van der Waals surface area (Å²) in [6.07, 6.45) is 7.40. The zero-order valence-electron chi connectivity index (χ0n) is 18.7. The van der Waals surface area contributed by atoms with Crippen molar-refractivity contribution in [2.45, 2.75) is 31.1 Å². The Bertz CT molecular complexity index is 1000. The number of nitrogens with zero attached hydrogens (tertiary/aromatic N) is 1. The van der Waals surface area contributed by atoms with Crippen molar-refractivity contribution in [3.8, 4) is 11.5 Å². The maximum Gasteiger partial charge on any atom is 0.224 e. The number of carbonyl (C=O) groups is 1. The predicted octanol–water partition coefficient (Wildman–Crippen LogP) is 4.54. The molecule has 5 heteroatoms. The van der Waals surface area contributed by atoms with Gasteiger partial charge in [0.1, 0.15) is 11.5 Å². The minimum atomic E-state index is -0.358. The van der Waals surface area contributed by atoms with Crippen molar-refractivity contribution in [1.29, 1.82) is 0 Å². The Balaban J connectivity index is 1.44. The Morgan fingerprint density at radius 2 is 1.69 bits per heavy atom. The quantitative estimate of drug-likeness (QED) is 0.480. The molecule has 0 radical (unpaired) electrons. The van der Waals surface area contributed by atoms with Gasteiger partial charge in [0.05, 0.1) is 20.1 Å². The third-order valence-corrected chi connectivity index (χ3v) is 6.36. The third kappa shape index (κ3) is 4.62. The average molecular weight is 431 g/mol. The number of rotatable bonds is 10. The van der Waals surface area contributed by atoms with Gasteiger partial charge in [-0.1, -0.05) is 30.3 Å². The molecule has 1 unspecified atom stereocenters. The van der Waals surface area contributed by atoms with Crippen LogP contribution in [0.3, 0.4) is 0 Å². The van der Waals surface area contributed by atoms with Crippen LogP contribution in [-0.2, 0) is 16.6 Å². The molecule has 1 aliphatic rings. The molecule has 1 aromatic heterocycles. The first-order valence-electron chi connectivity index (χ1n) is 11.1. The highest BCUT2D eigenvalue weighted by molar-refractivity contribution is 5.86. The Morgan fingerprint density at radius 1 is 1.00 bits per heavy atom. The van der Waals surface area contributed by atoms with E-state index in [0.717, 1.165) is 48.3 Å². The second-order valence-corrected chi connectivity index (χ2v) is 8.30. The topological polar surface area (TPSA) is 60.5 Å². The summed E-state index contributed by atoms with van der Waals surface area (Å²) in [5.74, 6) is 1.59. The predicted molar refractivity (Wildman–Crippen MR) is 125 cm³/mol. The standard InChI is InChI=1S/C27H30N2O3/c1-31-23-12-5-10-21(16-23)27(22-11-6-13-24(17-22)32-2)18-25(27)26(30)29-15-4-3-8-20-9-7-14-28-19-20/h5-7,9-14,16-17,19,25H,3-4,8,15,18H2,1-2H3,(H,29,30). The molecule has 4 rings (SSSR count). The van der Waals surface area contributed by atoms with E-state index < -0.39 is 0 Å². The highest BCUT2D eigenvalue weighted by Crippen LogP contribution is 2.59. The number of ether oxygens (including phenoxy) is 2. The molecule has 0 saturated heterocycles. The number of nitrogens with one attached hydrogen (secondary N) is 1. The van der Waals surface area contributed by atoms with Crippen molar-refractivity contribution in [2.75, 3.05) is 20.8 Å². The van der Waals surface area contributed by atoms with Crippen LogP contribution in [0.25, 0.3) is 0 Å². The Morgan fingerprint density at radius 3 is 2.28 bits per heavy atom. The van der Waals surface area contributed by atoms with Crippen LogP contribution in [0.1, 0.15) is 36.0 Å². The molecular formula is C27H30N2O3. The van der Waals surface area contributed by atoms with E-state index in [1.807, 2.05) is 48.7 Å². The number of amides is 1. The fourth-order valence-electron chi connectivity index (χ4n) is 4.52. The summed E-state index contributed by atoms with van der Waals surface area (Å²) in [6, 6.07) is 20.1. The van der Waals surface area contributed by atoms with Crippen molar-refractivity contribution in [3.05, 3.63) is 89.7 Å². The molecule has 0 spiro atoms. The number of pyridine rings is 1. The SMILES string of the molecule is COc1cccc(C2(c3cccc(OC)c3)CC2C(=O)NCCCCc2cccnc2)c1. The van der Waals surface area contributed by atoms with Crippen LogP contribution in [0, 0.1) is 5.92 Å². The number of aromatic nitrogens is 1. The van der Waals surface area contributed by atoms with Crippen LogP contribution in [0.15, 0.2) is 73.1 Å². The Labute approximate surface area is 189 Å². The Hall–Kier alpha value is -3.34. The third-order valence-electron chi connectivity index (χ3n) is 6.36. The Kier molecular flexibility index (Phi) is 6.74. The molecule has 1 aliphatic carbocycles. The largest absolute Gasteiger partial charge is 0.497 e. The number of benzene rings is 2. The number of hydrogen-bond donors (Lipinski definition) is 1. The highest BCUT2D eigenvalue weighted by atomic mass is 16.5. The van der Waals surface area contributed by atoms with Gasteiger partial charge >= 0.3 is 0 Å². The van der Waals surface area contributed by atoms with Crippen molar-refractivity contribution < 1.29 is 14.3 Å².